The molecule has 3 fully saturated rings. The minimum atomic E-state index is -3.75. The fourth-order valence-corrected chi connectivity index (χ4v) is 11.7. The molecule has 3 aromatic carbocycles. The number of hydrogen-bond acceptors (Lipinski definition) is 10. The van der Waals surface area contributed by atoms with E-state index >= 15 is 0 Å². The summed E-state index contributed by atoms with van der Waals surface area (Å²) < 4.78 is 89.6. The van der Waals surface area contributed by atoms with Crippen LogP contribution in [0.15, 0.2) is 101 Å². The highest BCUT2D eigenvalue weighted by molar-refractivity contribution is 7.91. The number of aliphatic hydroxyl groups excluding tert-OH is 1. The van der Waals surface area contributed by atoms with Gasteiger partial charge in [0.1, 0.15) is 12.2 Å². The fraction of sp³-hybridized carbons (Fsp3) is 0.550. The van der Waals surface area contributed by atoms with E-state index in [4.69, 9.17) is 23.4 Å². The van der Waals surface area contributed by atoms with E-state index in [0.717, 1.165) is 5.56 Å². The summed E-state index contributed by atoms with van der Waals surface area (Å²) in [7, 11) is -9.97. The van der Waals surface area contributed by atoms with E-state index in [1.807, 2.05) is 30.3 Å². The Kier molecular flexibility index (Phi) is 11.8. The van der Waals surface area contributed by atoms with Crippen LogP contribution in [-0.2, 0) is 43.0 Å². The minimum absolute atomic E-state index is 0.161. The second-order valence-corrected chi connectivity index (χ2v) is 24.9. The van der Waals surface area contributed by atoms with Gasteiger partial charge in [-0.1, -0.05) is 87.5 Å². The molecule has 0 aromatic heterocycles. The van der Waals surface area contributed by atoms with Crippen LogP contribution in [0.5, 0.6) is 0 Å². The van der Waals surface area contributed by atoms with E-state index in [-0.39, 0.29) is 32.8 Å². The molecule has 290 valence electrons. The first kappa shape index (κ1) is 40.2. The molecule has 6 rings (SSSR count). The van der Waals surface area contributed by atoms with Crippen LogP contribution >= 0.6 is 0 Å². The number of sulfone groups is 2. The van der Waals surface area contributed by atoms with Gasteiger partial charge < -0.3 is 28.5 Å². The number of hydrogen-bond donors (Lipinski definition) is 1. The standard InChI is InChI=1S/C40H54O10S2Si/c1-38(2,3)53(4,5)50-36(30-17-9-6-10-18-30)37-35(27-41)48-39(25-15-19-31(46-39)28-51(42,43)33-21-11-7-12-22-33)40(49-37)26-16-20-32(47-40)29-52(44,45)34-23-13-8-14-24-34/h6-14,17-18,21-24,31-32,35-37,41H,15-16,19-20,25-29H2,1-5H3/t31-,32-,35-,36+,37-,39-,40-/m1/s1. The minimum Gasteiger partial charge on any atom is -0.407 e. The summed E-state index contributed by atoms with van der Waals surface area (Å²) >= 11 is 0. The highest BCUT2D eigenvalue weighted by Crippen LogP contribution is 2.54. The summed E-state index contributed by atoms with van der Waals surface area (Å²) in [6.45, 7) is 10.3. The Labute approximate surface area is 316 Å². The molecular formula is C40H54O10S2Si. The second kappa shape index (κ2) is 15.6. The predicted molar refractivity (Wildman–Crippen MR) is 204 cm³/mol. The largest absolute Gasteiger partial charge is 0.407 e. The van der Waals surface area contributed by atoms with Gasteiger partial charge in [0.15, 0.2) is 28.0 Å². The number of fused-ring (bicyclic) bond motifs is 1. The molecule has 0 amide bonds. The number of rotatable bonds is 11. The number of aliphatic hydroxyl groups is 1. The smallest absolute Gasteiger partial charge is 0.224 e. The van der Waals surface area contributed by atoms with Crippen molar-refractivity contribution in [3.05, 3.63) is 96.6 Å². The van der Waals surface area contributed by atoms with Gasteiger partial charge in [0.25, 0.3) is 0 Å². The Morgan fingerprint density at radius 3 is 1.58 bits per heavy atom. The molecule has 1 N–H and O–H groups in total. The topological polar surface area (TPSA) is 135 Å². The van der Waals surface area contributed by atoms with Gasteiger partial charge in [-0.2, -0.15) is 0 Å². The number of benzene rings is 3. The average Bonchev–Trinajstić information content (AvgIpc) is 3.12. The monoisotopic (exact) mass is 786 g/mol. The molecule has 2 spiro atoms. The molecule has 7 atom stereocenters. The fourth-order valence-electron chi connectivity index (χ4n) is 7.45. The quantitative estimate of drug-likeness (QED) is 0.203. The van der Waals surface area contributed by atoms with E-state index in [1.54, 1.807) is 60.7 Å². The molecule has 0 unspecified atom stereocenters. The van der Waals surface area contributed by atoms with Crippen molar-refractivity contribution in [1.29, 1.82) is 0 Å². The predicted octanol–water partition coefficient (Wildman–Crippen LogP) is 7.00. The molecule has 3 aliphatic rings. The van der Waals surface area contributed by atoms with Crippen molar-refractivity contribution < 1.29 is 45.3 Å². The molecule has 3 saturated heterocycles. The van der Waals surface area contributed by atoms with Crippen molar-refractivity contribution >= 4 is 28.0 Å². The van der Waals surface area contributed by atoms with Gasteiger partial charge in [0.2, 0.25) is 11.6 Å². The Hall–Kier alpha value is -2.46. The van der Waals surface area contributed by atoms with Gasteiger partial charge in [-0.25, -0.2) is 16.8 Å². The molecule has 10 nitrogen and oxygen atoms in total. The van der Waals surface area contributed by atoms with Crippen LogP contribution in [0.4, 0.5) is 0 Å². The van der Waals surface area contributed by atoms with Crippen LogP contribution in [0.2, 0.25) is 18.1 Å². The zero-order valence-electron chi connectivity index (χ0n) is 31.3. The lowest BCUT2D eigenvalue weighted by molar-refractivity contribution is -0.498. The maximum Gasteiger partial charge on any atom is 0.224 e. The summed E-state index contributed by atoms with van der Waals surface area (Å²) in [5.41, 5.74) is 0.839. The summed E-state index contributed by atoms with van der Waals surface area (Å²) in [6.07, 6.45) is -1.53. The summed E-state index contributed by atoms with van der Waals surface area (Å²) in [5, 5.41) is 10.9. The van der Waals surface area contributed by atoms with Crippen molar-refractivity contribution in [3.63, 3.8) is 0 Å². The van der Waals surface area contributed by atoms with Gasteiger partial charge >= 0.3 is 0 Å². The molecule has 0 aliphatic carbocycles. The SMILES string of the molecule is CC(C)(C)[Si](C)(C)O[C@@H](c1ccccc1)[C@@H]1O[C@]2(CCC[C@H](CS(=O)(=O)c3ccccc3)O2)[C@@]2(CCC[C@H](CS(=O)(=O)c3ccccc3)O2)O[C@@H]1CO. The average molecular weight is 787 g/mol. The van der Waals surface area contributed by atoms with E-state index in [0.29, 0.717) is 32.1 Å². The van der Waals surface area contributed by atoms with Gasteiger partial charge in [-0.05, 0) is 73.6 Å². The maximum atomic E-state index is 13.7. The first-order chi connectivity index (χ1) is 25.0. The molecular weight excluding hydrogens is 733 g/mol. The first-order valence-corrected chi connectivity index (χ1v) is 24.8. The van der Waals surface area contributed by atoms with Gasteiger partial charge in [0.05, 0.1) is 46.2 Å². The normalized spacial score (nSPS) is 29.2. The van der Waals surface area contributed by atoms with Gasteiger partial charge in [0, 0.05) is 12.8 Å². The molecule has 0 radical (unpaired) electrons. The van der Waals surface area contributed by atoms with Crippen LogP contribution in [0.1, 0.15) is 71.0 Å². The maximum absolute atomic E-state index is 13.7. The van der Waals surface area contributed by atoms with Crippen molar-refractivity contribution in [2.45, 2.75) is 129 Å². The lowest BCUT2D eigenvalue weighted by Gasteiger charge is -2.60. The zero-order chi connectivity index (χ0) is 38.1. The second-order valence-electron chi connectivity index (χ2n) is 16.1. The Balaban J connectivity index is 1.41. The van der Waals surface area contributed by atoms with Crippen molar-refractivity contribution in [3.8, 4) is 0 Å². The Morgan fingerprint density at radius 2 is 1.15 bits per heavy atom. The van der Waals surface area contributed by atoms with Gasteiger partial charge in [-0.15, -0.1) is 0 Å². The van der Waals surface area contributed by atoms with E-state index in [1.165, 1.54) is 0 Å². The lowest BCUT2D eigenvalue weighted by Crippen LogP contribution is -2.73. The third kappa shape index (κ3) is 8.53. The van der Waals surface area contributed by atoms with Gasteiger partial charge in [-0.3, -0.25) is 0 Å². The number of ether oxygens (including phenoxy) is 4. The lowest BCUT2D eigenvalue weighted by atomic mass is 9.85. The van der Waals surface area contributed by atoms with Crippen LogP contribution < -0.4 is 0 Å². The molecule has 3 heterocycles. The molecule has 0 saturated carbocycles. The van der Waals surface area contributed by atoms with E-state index < -0.39 is 76.7 Å². The van der Waals surface area contributed by atoms with Crippen LogP contribution in [-0.4, -0.2) is 84.4 Å². The zero-order valence-corrected chi connectivity index (χ0v) is 34.0. The molecule has 3 aromatic rings. The third-order valence-electron chi connectivity index (χ3n) is 11.2. The highest BCUT2D eigenvalue weighted by atomic mass is 32.2. The van der Waals surface area contributed by atoms with Crippen LogP contribution in [0.3, 0.4) is 0 Å². The highest BCUT2D eigenvalue weighted by Gasteiger charge is 2.67. The van der Waals surface area contributed by atoms with Crippen molar-refractivity contribution in [1.82, 2.24) is 0 Å². The van der Waals surface area contributed by atoms with Crippen molar-refractivity contribution in [2.24, 2.45) is 0 Å². The summed E-state index contributed by atoms with van der Waals surface area (Å²) in [4.78, 5) is 0.393. The van der Waals surface area contributed by atoms with Crippen LogP contribution in [0, 0.1) is 0 Å². The molecule has 0 bridgehead atoms. The summed E-state index contributed by atoms with van der Waals surface area (Å²) in [5.74, 6) is -3.87. The summed E-state index contributed by atoms with van der Waals surface area (Å²) in [6, 6.07) is 26.3. The molecule has 13 heteroatoms. The first-order valence-electron chi connectivity index (χ1n) is 18.6. The van der Waals surface area contributed by atoms with Crippen LogP contribution in [0.25, 0.3) is 0 Å². The van der Waals surface area contributed by atoms with E-state index in [2.05, 4.69) is 33.9 Å². The Bertz CT molecular complexity index is 1890. The Morgan fingerprint density at radius 1 is 0.717 bits per heavy atom. The van der Waals surface area contributed by atoms with E-state index in [9.17, 15) is 21.9 Å². The van der Waals surface area contributed by atoms with Crippen molar-refractivity contribution in [2.75, 3.05) is 18.1 Å². The molecule has 53 heavy (non-hydrogen) atoms. The molecule has 3 aliphatic heterocycles. The third-order valence-corrected chi connectivity index (χ3v) is 19.3.